The minimum absolute atomic E-state index is 0.0927. The highest BCUT2D eigenvalue weighted by molar-refractivity contribution is 6.29. The summed E-state index contributed by atoms with van der Waals surface area (Å²) in [6.45, 7) is 1.72. The molecular formula is C14H13ClN6O. The molecule has 0 aliphatic carbocycles. The van der Waals surface area contributed by atoms with E-state index >= 15 is 0 Å². The molecule has 1 unspecified atom stereocenters. The third kappa shape index (κ3) is 2.14. The number of carbonyl (C=O) groups excluding carboxylic acids is 1. The van der Waals surface area contributed by atoms with Gasteiger partial charge in [0.15, 0.2) is 11.6 Å². The van der Waals surface area contributed by atoms with Crippen LogP contribution in [0.15, 0.2) is 30.7 Å². The first-order valence-corrected chi connectivity index (χ1v) is 7.38. The second-order valence-corrected chi connectivity index (χ2v) is 5.64. The highest BCUT2D eigenvalue weighted by Gasteiger charge is 2.40. The average Bonchev–Trinajstić information content (AvgIpc) is 2.93. The Morgan fingerprint density at radius 3 is 3.09 bits per heavy atom. The molecule has 7 nitrogen and oxygen atoms in total. The number of halogens is 1. The summed E-state index contributed by atoms with van der Waals surface area (Å²) in [6.07, 6.45) is 5.51. The molecule has 0 radical (unpaired) electrons. The van der Waals surface area contributed by atoms with Crippen LogP contribution < -0.4 is 15.1 Å². The lowest BCUT2D eigenvalue weighted by Gasteiger charge is -2.35. The van der Waals surface area contributed by atoms with Crippen LogP contribution in [0.3, 0.4) is 0 Å². The Kier molecular flexibility index (Phi) is 3.07. The Morgan fingerprint density at radius 2 is 2.27 bits per heavy atom. The maximum Gasteiger partial charge on any atom is 0.329 e. The Hall–Kier alpha value is -2.41. The highest BCUT2D eigenvalue weighted by Crippen LogP contribution is 2.39. The zero-order valence-corrected chi connectivity index (χ0v) is 12.4. The van der Waals surface area contributed by atoms with Crippen LogP contribution in [0.1, 0.15) is 6.42 Å². The summed E-state index contributed by atoms with van der Waals surface area (Å²) < 4.78 is 0. The number of amides is 2. The number of nitrogens with one attached hydrogen (secondary N) is 1. The second kappa shape index (κ2) is 5.10. The standard InChI is InChI=1S/C14H13ClN6O/c15-11-2-1-10-13(18-11)21(9-3-6-20(10)8-9)14(22)19-12-7-16-4-5-17-12/h1-2,4-5,7,9H,3,6,8H2,(H,17,19,22). The Bertz CT molecular complexity index is 725. The van der Waals surface area contributed by atoms with Crippen molar-refractivity contribution in [3.8, 4) is 0 Å². The van der Waals surface area contributed by atoms with E-state index in [-0.39, 0.29) is 12.1 Å². The minimum atomic E-state index is -0.261. The lowest BCUT2D eigenvalue weighted by Crippen LogP contribution is -2.48. The van der Waals surface area contributed by atoms with Crippen molar-refractivity contribution in [3.05, 3.63) is 35.9 Å². The van der Waals surface area contributed by atoms with Crippen molar-refractivity contribution in [2.45, 2.75) is 12.5 Å². The lowest BCUT2D eigenvalue weighted by atomic mass is 10.2. The summed E-state index contributed by atoms with van der Waals surface area (Å²) in [5.74, 6) is 1.01. The third-order valence-electron chi connectivity index (χ3n) is 3.93. The van der Waals surface area contributed by atoms with E-state index < -0.39 is 0 Å². The van der Waals surface area contributed by atoms with E-state index in [1.54, 1.807) is 17.2 Å². The van der Waals surface area contributed by atoms with Crippen molar-refractivity contribution < 1.29 is 4.79 Å². The summed E-state index contributed by atoms with van der Waals surface area (Å²) in [5, 5.41) is 3.14. The highest BCUT2D eigenvalue weighted by atomic mass is 35.5. The largest absolute Gasteiger partial charge is 0.366 e. The van der Waals surface area contributed by atoms with Gasteiger partial charge < -0.3 is 4.90 Å². The van der Waals surface area contributed by atoms with Gasteiger partial charge in [0, 0.05) is 25.5 Å². The smallest absolute Gasteiger partial charge is 0.329 e. The quantitative estimate of drug-likeness (QED) is 0.816. The molecule has 22 heavy (non-hydrogen) atoms. The van der Waals surface area contributed by atoms with Gasteiger partial charge in [0.25, 0.3) is 0 Å². The fourth-order valence-corrected chi connectivity index (χ4v) is 3.12. The molecule has 2 bridgehead atoms. The summed E-state index contributed by atoms with van der Waals surface area (Å²) in [4.78, 5) is 29.0. The maximum atomic E-state index is 12.7. The number of anilines is 3. The Labute approximate surface area is 131 Å². The van der Waals surface area contributed by atoms with Crippen molar-refractivity contribution in [3.63, 3.8) is 0 Å². The molecular weight excluding hydrogens is 304 g/mol. The molecule has 2 aliphatic heterocycles. The molecule has 2 aromatic rings. The number of aromatic nitrogens is 3. The van der Waals surface area contributed by atoms with Gasteiger partial charge in [-0.1, -0.05) is 11.6 Å². The normalized spacial score (nSPS) is 19.0. The van der Waals surface area contributed by atoms with Gasteiger partial charge in [-0.2, -0.15) is 0 Å². The Balaban J connectivity index is 1.69. The number of nitrogens with zero attached hydrogens (tertiary/aromatic N) is 5. The van der Waals surface area contributed by atoms with Gasteiger partial charge in [0.1, 0.15) is 5.15 Å². The molecule has 112 valence electrons. The average molecular weight is 317 g/mol. The Morgan fingerprint density at radius 1 is 1.36 bits per heavy atom. The molecule has 1 atom stereocenters. The minimum Gasteiger partial charge on any atom is -0.366 e. The molecule has 0 spiro atoms. The number of urea groups is 1. The zero-order chi connectivity index (χ0) is 15.1. The van der Waals surface area contributed by atoms with Gasteiger partial charge in [-0.05, 0) is 18.6 Å². The second-order valence-electron chi connectivity index (χ2n) is 5.26. The number of hydrogen-bond acceptors (Lipinski definition) is 5. The van der Waals surface area contributed by atoms with E-state index in [0.29, 0.717) is 16.8 Å². The lowest BCUT2D eigenvalue weighted by molar-refractivity contribution is 0.254. The van der Waals surface area contributed by atoms with E-state index in [1.807, 2.05) is 6.07 Å². The van der Waals surface area contributed by atoms with Crippen LogP contribution in [0.5, 0.6) is 0 Å². The first kappa shape index (κ1) is 13.3. The number of fused-ring (bicyclic) bond motifs is 4. The van der Waals surface area contributed by atoms with Gasteiger partial charge >= 0.3 is 6.03 Å². The van der Waals surface area contributed by atoms with Crippen LogP contribution in [0, 0.1) is 0 Å². The molecule has 1 N–H and O–H groups in total. The molecule has 2 amide bonds. The fourth-order valence-electron chi connectivity index (χ4n) is 2.98. The fraction of sp³-hybridized carbons (Fsp3) is 0.286. The van der Waals surface area contributed by atoms with E-state index in [2.05, 4.69) is 25.2 Å². The molecule has 4 rings (SSSR count). The monoisotopic (exact) mass is 316 g/mol. The molecule has 2 aromatic heterocycles. The van der Waals surface area contributed by atoms with Crippen LogP contribution in [-0.2, 0) is 0 Å². The first-order chi connectivity index (χ1) is 10.7. The van der Waals surface area contributed by atoms with Gasteiger partial charge in [-0.25, -0.2) is 14.8 Å². The van der Waals surface area contributed by atoms with Crippen molar-refractivity contribution in [2.24, 2.45) is 0 Å². The predicted molar refractivity (Wildman–Crippen MR) is 83.4 cm³/mol. The molecule has 2 aliphatic rings. The molecule has 1 saturated heterocycles. The van der Waals surface area contributed by atoms with Crippen LogP contribution in [-0.4, -0.2) is 40.1 Å². The van der Waals surface area contributed by atoms with E-state index in [4.69, 9.17) is 11.6 Å². The van der Waals surface area contributed by atoms with Crippen LogP contribution >= 0.6 is 11.6 Å². The summed E-state index contributed by atoms with van der Waals surface area (Å²) >= 11 is 6.01. The zero-order valence-electron chi connectivity index (χ0n) is 11.6. The van der Waals surface area contributed by atoms with Gasteiger partial charge in [0.2, 0.25) is 0 Å². The summed E-state index contributed by atoms with van der Waals surface area (Å²) in [7, 11) is 0. The molecule has 1 fully saturated rings. The topological polar surface area (TPSA) is 74.2 Å². The van der Waals surface area contributed by atoms with Crippen LogP contribution in [0.25, 0.3) is 0 Å². The molecule has 0 saturated carbocycles. The van der Waals surface area contributed by atoms with Crippen molar-refractivity contribution in [1.82, 2.24) is 15.0 Å². The van der Waals surface area contributed by atoms with E-state index in [9.17, 15) is 4.79 Å². The van der Waals surface area contributed by atoms with Gasteiger partial charge in [0.05, 0.1) is 17.9 Å². The van der Waals surface area contributed by atoms with Crippen molar-refractivity contribution in [1.29, 1.82) is 0 Å². The van der Waals surface area contributed by atoms with Crippen molar-refractivity contribution >= 4 is 35.0 Å². The number of rotatable bonds is 1. The van der Waals surface area contributed by atoms with Crippen LogP contribution in [0.2, 0.25) is 5.15 Å². The molecule has 0 aromatic carbocycles. The summed E-state index contributed by atoms with van der Waals surface area (Å²) in [6, 6.07) is 3.49. The molecule has 4 heterocycles. The van der Waals surface area contributed by atoms with E-state index in [0.717, 1.165) is 25.2 Å². The van der Waals surface area contributed by atoms with Crippen LogP contribution in [0.4, 0.5) is 22.1 Å². The summed E-state index contributed by atoms with van der Waals surface area (Å²) in [5.41, 5.74) is 0.937. The predicted octanol–water partition coefficient (Wildman–Crippen LogP) is 2.16. The first-order valence-electron chi connectivity index (χ1n) is 7.00. The van der Waals surface area contributed by atoms with E-state index in [1.165, 1.54) is 12.4 Å². The molecule has 8 heteroatoms. The SMILES string of the molecule is O=C(Nc1cnccn1)N1c2nc(Cl)ccc2N2CCC1C2. The van der Waals surface area contributed by atoms with Crippen molar-refractivity contribution in [2.75, 3.05) is 28.2 Å². The maximum absolute atomic E-state index is 12.7. The van der Waals surface area contributed by atoms with Gasteiger partial charge in [-0.15, -0.1) is 0 Å². The third-order valence-corrected chi connectivity index (χ3v) is 4.15. The number of pyridine rings is 1. The number of carbonyl (C=O) groups is 1. The number of hydrogen-bond donors (Lipinski definition) is 1. The van der Waals surface area contributed by atoms with Gasteiger partial charge in [-0.3, -0.25) is 15.2 Å².